The lowest BCUT2D eigenvalue weighted by molar-refractivity contribution is 0.0723. The Bertz CT molecular complexity index is 495. The maximum Gasteiger partial charge on any atom is 0.179 e. The molecule has 1 fully saturated rings. The second kappa shape index (κ2) is 6.45. The molecule has 1 aromatic rings. The highest BCUT2D eigenvalue weighted by molar-refractivity contribution is 6.32. The van der Waals surface area contributed by atoms with Crippen LogP contribution in [0.15, 0.2) is 12.1 Å². The molecule has 0 amide bonds. The standard InChI is InChI=1S/C17H23ClO3/c1-2-11-3-5-12(6-4-11)16(19)13-9-14(18)17-15(10-13)20-7-8-21-17/h9-12,16,19H,2-8H2,1H3. The third kappa shape index (κ3) is 3.14. The van der Waals surface area contributed by atoms with Crippen molar-refractivity contribution in [2.24, 2.45) is 11.8 Å². The van der Waals surface area contributed by atoms with Crippen molar-refractivity contribution >= 4 is 11.6 Å². The zero-order valence-electron chi connectivity index (χ0n) is 12.5. The smallest absolute Gasteiger partial charge is 0.179 e. The molecule has 0 radical (unpaired) electrons. The van der Waals surface area contributed by atoms with E-state index in [0.29, 0.717) is 35.7 Å². The van der Waals surface area contributed by atoms with Crippen LogP contribution in [0.1, 0.15) is 50.7 Å². The van der Waals surface area contributed by atoms with E-state index in [-0.39, 0.29) is 0 Å². The van der Waals surface area contributed by atoms with E-state index < -0.39 is 6.10 Å². The summed E-state index contributed by atoms with van der Waals surface area (Å²) in [5, 5.41) is 11.2. The fraction of sp³-hybridized carbons (Fsp3) is 0.647. The third-order valence-electron chi connectivity index (χ3n) is 4.88. The third-order valence-corrected chi connectivity index (χ3v) is 5.16. The van der Waals surface area contributed by atoms with Gasteiger partial charge in [-0.2, -0.15) is 0 Å². The molecule has 3 rings (SSSR count). The van der Waals surface area contributed by atoms with E-state index >= 15 is 0 Å². The van der Waals surface area contributed by atoms with Gasteiger partial charge in [0.05, 0.1) is 11.1 Å². The molecular formula is C17H23ClO3. The van der Waals surface area contributed by atoms with Gasteiger partial charge in [0.2, 0.25) is 0 Å². The zero-order valence-corrected chi connectivity index (χ0v) is 13.2. The molecule has 0 spiro atoms. The topological polar surface area (TPSA) is 38.7 Å². The molecule has 116 valence electrons. The molecule has 1 aromatic carbocycles. The van der Waals surface area contributed by atoms with E-state index in [1.54, 1.807) is 0 Å². The fourth-order valence-electron chi connectivity index (χ4n) is 3.49. The Morgan fingerprint density at radius 2 is 1.90 bits per heavy atom. The molecule has 1 aliphatic carbocycles. The van der Waals surface area contributed by atoms with E-state index in [2.05, 4.69) is 6.92 Å². The molecule has 0 bridgehead atoms. The molecule has 0 saturated heterocycles. The van der Waals surface area contributed by atoms with Gasteiger partial charge in [-0.1, -0.05) is 37.8 Å². The first kappa shape index (κ1) is 15.0. The SMILES string of the molecule is CCC1CCC(C(O)c2cc(Cl)c3c(c2)OCCO3)CC1. The van der Waals surface area contributed by atoms with E-state index in [0.717, 1.165) is 24.3 Å². The summed E-state index contributed by atoms with van der Waals surface area (Å²) in [7, 11) is 0. The number of hydrogen-bond acceptors (Lipinski definition) is 3. The van der Waals surface area contributed by atoms with Crippen molar-refractivity contribution in [3.63, 3.8) is 0 Å². The van der Waals surface area contributed by atoms with Crippen LogP contribution in [0.5, 0.6) is 11.5 Å². The van der Waals surface area contributed by atoms with E-state index in [1.807, 2.05) is 12.1 Å². The molecule has 4 heteroatoms. The Morgan fingerprint density at radius 1 is 1.19 bits per heavy atom. The first-order valence-electron chi connectivity index (χ1n) is 7.96. The minimum absolute atomic E-state index is 0.325. The van der Waals surface area contributed by atoms with Crippen molar-refractivity contribution in [2.75, 3.05) is 13.2 Å². The molecule has 1 unspecified atom stereocenters. The first-order valence-corrected chi connectivity index (χ1v) is 8.34. The average Bonchev–Trinajstić information content (AvgIpc) is 2.54. The van der Waals surface area contributed by atoms with Gasteiger partial charge < -0.3 is 14.6 Å². The number of benzene rings is 1. The summed E-state index contributed by atoms with van der Waals surface area (Å²) < 4.78 is 11.1. The molecule has 21 heavy (non-hydrogen) atoms. The van der Waals surface area contributed by atoms with Gasteiger partial charge in [0.25, 0.3) is 0 Å². The second-order valence-electron chi connectivity index (χ2n) is 6.16. The normalized spacial score (nSPS) is 26.4. The molecule has 1 aliphatic heterocycles. The summed E-state index contributed by atoms with van der Waals surface area (Å²) in [5.74, 6) is 2.42. The lowest BCUT2D eigenvalue weighted by Crippen LogP contribution is -2.21. The van der Waals surface area contributed by atoms with Gasteiger partial charge in [0.15, 0.2) is 11.5 Å². The highest BCUT2D eigenvalue weighted by atomic mass is 35.5. The van der Waals surface area contributed by atoms with E-state index in [1.165, 1.54) is 19.3 Å². The maximum atomic E-state index is 10.7. The molecule has 1 atom stereocenters. The minimum atomic E-state index is -0.462. The van der Waals surface area contributed by atoms with Crippen LogP contribution < -0.4 is 9.47 Å². The van der Waals surface area contributed by atoms with Gasteiger partial charge in [0.1, 0.15) is 13.2 Å². The maximum absolute atomic E-state index is 10.7. The van der Waals surface area contributed by atoms with Gasteiger partial charge in [-0.25, -0.2) is 0 Å². The first-order chi connectivity index (χ1) is 10.2. The highest BCUT2D eigenvalue weighted by Gasteiger charge is 2.28. The van der Waals surface area contributed by atoms with Crippen LogP contribution in [0.4, 0.5) is 0 Å². The van der Waals surface area contributed by atoms with Crippen molar-refractivity contribution in [3.8, 4) is 11.5 Å². The lowest BCUT2D eigenvalue weighted by Gasteiger charge is -2.31. The van der Waals surface area contributed by atoms with Crippen LogP contribution in [0, 0.1) is 11.8 Å². The Balaban J connectivity index is 1.76. The summed E-state index contributed by atoms with van der Waals surface area (Å²) in [6.07, 6.45) is 5.40. The van der Waals surface area contributed by atoms with Crippen LogP contribution in [-0.4, -0.2) is 18.3 Å². The molecule has 0 aromatic heterocycles. The van der Waals surface area contributed by atoms with Crippen molar-refractivity contribution in [2.45, 2.75) is 45.1 Å². The Kier molecular flexibility index (Phi) is 4.60. The molecule has 1 N–H and O–H groups in total. The molecular weight excluding hydrogens is 288 g/mol. The average molecular weight is 311 g/mol. The van der Waals surface area contributed by atoms with Crippen molar-refractivity contribution in [1.82, 2.24) is 0 Å². The van der Waals surface area contributed by atoms with Gasteiger partial charge >= 0.3 is 0 Å². The van der Waals surface area contributed by atoms with Gasteiger partial charge in [-0.3, -0.25) is 0 Å². The van der Waals surface area contributed by atoms with Crippen LogP contribution in [0.25, 0.3) is 0 Å². The number of aliphatic hydroxyl groups excluding tert-OH is 1. The predicted molar refractivity (Wildman–Crippen MR) is 83.1 cm³/mol. The number of ether oxygens (including phenoxy) is 2. The van der Waals surface area contributed by atoms with Gasteiger partial charge in [0, 0.05) is 0 Å². The molecule has 1 heterocycles. The number of rotatable bonds is 3. The van der Waals surface area contributed by atoms with Gasteiger partial charge in [-0.05, 0) is 42.4 Å². The monoisotopic (exact) mass is 310 g/mol. The number of aliphatic hydroxyl groups is 1. The van der Waals surface area contributed by atoms with E-state index in [9.17, 15) is 5.11 Å². The van der Waals surface area contributed by atoms with Crippen molar-refractivity contribution < 1.29 is 14.6 Å². The van der Waals surface area contributed by atoms with Crippen LogP contribution in [-0.2, 0) is 0 Å². The van der Waals surface area contributed by atoms with Crippen LogP contribution in [0.2, 0.25) is 5.02 Å². The summed E-state index contributed by atoms with van der Waals surface area (Å²) >= 11 is 6.26. The summed E-state index contributed by atoms with van der Waals surface area (Å²) in [6.45, 7) is 3.31. The number of halogens is 1. The number of hydrogen-bond donors (Lipinski definition) is 1. The molecule has 2 aliphatic rings. The van der Waals surface area contributed by atoms with Crippen LogP contribution in [0.3, 0.4) is 0 Å². The lowest BCUT2D eigenvalue weighted by atomic mass is 9.77. The molecule has 1 saturated carbocycles. The highest BCUT2D eigenvalue weighted by Crippen LogP contribution is 2.43. The largest absolute Gasteiger partial charge is 0.486 e. The number of fused-ring (bicyclic) bond motifs is 1. The summed E-state index contributed by atoms with van der Waals surface area (Å²) in [4.78, 5) is 0. The Labute approximate surface area is 131 Å². The van der Waals surface area contributed by atoms with Crippen molar-refractivity contribution in [3.05, 3.63) is 22.7 Å². The second-order valence-corrected chi connectivity index (χ2v) is 6.57. The summed E-state index contributed by atoms with van der Waals surface area (Å²) in [6, 6.07) is 3.71. The Morgan fingerprint density at radius 3 is 2.62 bits per heavy atom. The quantitative estimate of drug-likeness (QED) is 0.901. The molecule has 3 nitrogen and oxygen atoms in total. The van der Waals surface area contributed by atoms with Crippen molar-refractivity contribution in [1.29, 1.82) is 0 Å². The Hall–Kier alpha value is -0.930. The fourth-order valence-corrected chi connectivity index (χ4v) is 3.76. The predicted octanol–water partition coefficient (Wildman–Crippen LogP) is 4.36. The van der Waals surface area contributed by atoms with Crippen LogP contribution >= 0.6 is 11.6 Å². The minimum Gasteiger partial charge on any atom is -0.486 e. The summed E-state index contributed by atoms with van der Waals surface area (Å²) in [5.41, 5.74) is 0.851. The van der Waals surface area contributed by atoms with Gasteiger partial charge in [-0.15, -0.1) is 0 Å². The zero-order chi connectivity index (χ0) is 14.8. The van der Waals surface area contributed by atoms with E-state index in [4.69, 9.17) is 21.1 Å².